The first-order valence-electron chi connectivity index (χ1n) is 8.80. The molecule has 1 saturated heterocycles. The molecule has 0 amide bonds. The minimum Gasteiger partial charge on any atom is -0.311 e. The lowest BCUT2D eigenvalue weighted by molar-refractivity contribution is 0.0680. The van der Waals surface area contributed by atoms with Crippen molar-refractivity contribution in [3.05, 3.63) is 0 Å². The van der Waals surface area contributed by atoms with Crippen LogP contribution >= 0.6 is 11.8 Å². The number of nitrogens with one attached hydrogen (secondary N) is 1. The Hall–Kier alpha value is 0.270. The van der Waals surface area contributed by atoms with E-state index in [2.05, 4.69) is 35.2 Å². The van der Waals surface area contributed by atoms with Crippen LogP contribution in [-0.2, 0) is 0 Å². The summed E-state index contributed by atoms with van der Waals surface area (Å²) in [5.74, 6) is 0.955. The predicted molar refractivity (Wildman–Crippen MR) is 89.5 cm³/mol. The van der Waals surface area contributed by atoms with Gasteiger partial charge < -0.3 is 5.32 Å². The maximum atomic E-state index is 3.87. The van der Waals surface area contributed by atoms with E-state index in [0.717, 1.165) is 29.3 Å². The fourth-order valence-electron chi connectivity index (χ4n) is 4.70. The van der Waals surface area contributed by atoms with Gasteiger partial charge in [0.1, 0.15) is 0 Å². The van der Waals surface area contributed by atoms with Crippen LogP contribution in [-0.4, -0.2) is 47.6 Å². The molecule has 0 aromatic heterocycles. The third kappa shape index (κ3) is 3.36. The van der Waals surface area contributed by atoms with E-state index in [1.54, 1.807) is 0 Å². The number of piperazine rings is 1. The van der Waals surface area contributed by atoms with Gasteiger partial charge in [-0.15, -0.1) is 0 Å². The summed E-state index contributed by atoms with van der Waals surface area (Å²) < 4.78 is 0. The van der Waals surface area contributed by atoms with E-state index in [9.17, 15) is 0 Å². The highest BCUT2D eigenvalue weighted by atomic mass is 32.2. The molecule has 3 fully saturated rings. The molecule has 116 valence electrons. The molecule has 0 aromatic carbocycles. The lowest BCUT2D eigenvalue weighted by Crippen LogP contribution is -2.60. The van der Waals surface area contributed by atoms with Crippen molar-refractivity contribution >= 4 is 11.8 Å². The van der Waals surface area contributed by atoms with Gasteiger partial charge in [-0.2, -0.15) is 11.8 Å². The Kier molecular flexibility index (Phi) is 5.33. The Balaban J connectivity index is 1.58. The lowest BCUT2D eigenvalue weighted by Gasteiger charge is -2.45. The molecule has 1 aliphatic heterocycles. The van der Waals surface area contributed by atoms with E-state index in [1.165, 1.54) is 64.5 Å². The zero-order valence-electron chi connectivity index (χ0n) is 13.3. The van der Waals surface area contributed by atoms with Crippen LogP contribution in [0.4, 0.5) is 0 Å². The normalized spacial score (nSPS) is 41.1. The van der Waals surface area contributed by atoms with Crippen molar-refractivity contribution in [3.63, 3.8) is 0 Å². The van der Waals surface area contributed by atoms with Crippen LogP contribution in [0.3, 0.4) is 0 Å². The highest BCUT2D eigenvalue weighted by Gasteiger charge is 2.37. The monoisotopic (exact) mass is 296 g/mol. The summed E-state index contributed by atoms with van der Waals surface area (Å²) in [6.07, 6.45) is 14.0. The first-order chi connectivity index (χ1) is 9.78. The molecule has 2 aliphatic carbocycles. The van der Waals surface area contributed by atoms with Crippen molar-refractivity contribution in [2.75, 3.05) is 19.3 Å². The van der Waals surface area contributed by atoms with Crippen LogP contribution in [0.5, 0.6) is 0 Å². The van der Waals surface area contributed by atoms with E-state index >= 15 is 0 Å². The van der Waals surface area contributed by atoms with Gasteiger partial charge in [-0.1, -0.05) is 19.3 Å². The van der Waals surface area contributed by atoms with E-state index in [1.807, 2.05) is 0 Å². The number of nitrogens with zero attached hydrogens (tertiary/aromatic N) is 1. The number of hydrogen-bond donors (Lipinski definition) is 1. The van der Waals surface area contributed by atoms with Crippen LogP contribution in [0.15, 0.2) is 0 Å². The second-order valence-electron chi connectivity index (χ2n) is 7.28. The van der Waals surface area contributed by atoms with Crippen molar-refractivity contribution in [2.24, 2.45) is 5.92 Å². The summed E-state index contributed by atoms with van der Waals surface area (Å²) in [6, 6.07) is 2.39. The van der Waals surface area contributed by atoms with Crippen LogP contribution in [0.1, 0.15) is 58.3 Å². The Bertz CT molecular complexity index is 303. The molecule has 2 saturated carbocycles. The second-order valence-corrected chi connectivity index (χ2v) is 8.42. The van der Waals surface area contributed by atoms with E-state index < -0.39 is 0 Å². The van der Waals surface area contributed by atoms with Crippen molar-refractivity contribution in [1.29, 1.82) is 0 Å². The van der Waals surface area contributed by atoms with Crippen LogP contribution in [0.2, 0.25) is 0 Å². The molecule has 1 heterocycles. The smallest absolute Gasteiger partial charge is 0.0224 e. The summed E-state index contributed by atoms with van der Waals surface area (Å²) in [6.45, 7) is 4.95. The van der Waals surface area contributed by atoms with Crippen molar-refractivity contribution in [1.82, 2.24) is 10.2 Å². The van der Waals surface area contributed by atoms with Gasteiger partial charge in [0, 0.05) is 36.5 Å². The van der Waals surface area contributed by atoms with Gasteiger partial charge in [-0.05, 0) is 51.2 Å². The van der Waals surface area contributed by atoms with Crippen LogP contribution in [0, 0.1) is 5.92 Å². The largest absolute Gasteiger partial charge is 0.311 e. The minimum absolute atomic E-state index is 0.737. The van der Waals surface area contributed by atoms with Crippen LogP contribution in [0.25, 0.3) is 0 Å². The summed E-state index contributed by atoms with van der Waals surface area (Å²) in [5.41, 5.74) is 0. The molecule has 20 heavy (non-hydrogen) atoms. The van der Waals surface area contributed by atoms with E-state index in [4.69, 9.17) is 0 Å². The number of rotatable bonds is 3. The summed E-state index contributed by atoms with van der Waals surface area (Å²) in [5, 5.41) is 4.80. The Labute approximate surface area is 129 Å². The van der Waals surface area contributed by atoms with Crippen molar-refractivity contribution < 1.29 is 0 Å². The molecule has 3 heteroatoms. The number of thioether (sulfide) groups is 1. The van der Waals surface area contributed by atoms with E-state index in [-0.39, 0.29) is 0 Å². The molecular weight excluding hydrogens is 264 g/mol. The molecule has 0 spiro atoms. The Morgan fingerprint density at radius 1 is 1.05 bits per heavy atom. The average Bonchev–Trinajstić information content (AvgIpc) is 2.97. The van der Waals surface area contributed by atoms with Gasteiger partial charge in [0.15, 0.2) is 0 Å². The third-order valence-corrected chi connectivity index (χ3v) is 7.12. The summed E-state index contributed by atoms with van der Waals surface area (Å²) in [4.78, 5) is 2.87. The molecular formula is C17H32N2S. The summed E-state index contributed by atoms with van der Waals surface area (Å²) in [7, 11) is 0. The molecule has 1 N–H and O–H groups in total. The highest BCUT2D eigenvalue weighted by Crippen LogP contribution is 2.35. The first-order valence-corrected chi connectivity index (χ1v) is 10.1. The van der Waals surface area contributed by atoms with Gasteiger partial charge >= 0.3 is 0 Å². The van der Waals surface area contributed by atoms with Crippen molar-refractivity contribution in [2.45, 2.75) is 81.7 Å². The van der Waals surface area contributed by atoms with Gasteiger partial charge in [-0.25, -0.2) is 0 Å². The van der Waals surface area contributed by atoms with Gasteiger partial charge in [-0.3, -0.25) is 4.90 Å². The molecule has 0 radical (unpaired) electrons. The van der Waals surface area contributed by atoms with Gasteiger partial charge in [0.2, 0.25) is 0 Å². The molecule has 2 nitrogen and oxygen atoms in total. The molecule has 4 unspecified atom stereocenters. The predicted octanol–water partition coefficient (Wildman–Crippen LogP) is 3.51. The molecule has 3 rings (SSSR count). The minimum atomic E-state index is 0.737. The fraction of sp³-hybridized carbons (Fsp3) is 1.00. The van der Waals surface area contributed by atoms with Gasteiger partial charge in [0.05, 0.1) is 0 Å². The Morgan fingerprint density at radius 2 is 1.85 bits per heavy atom. The summed E-state index contributed by atoms with van der Waals surface area (Å²) >= 11 is 2.09. The molecule has 0 bridgehead atoms. The maximum Gasteiger partial charge on any atom is 0.0224 e. The SMILES string of the molecule is CSC1CCC(N2CC(C3CCCCC3)NCC2C)C1. The Morgan fingerprint density at radius 3 is 2.55 bits per heavy atom. The average molecular weight is 297 g/mol. The molecule has 3 aliphatic rings. The highest BCUT2D eigenvalue weighted by molar-refractivity contribution is 7.99. The maximum absolute atomic E-state index is 3.87. The fourth-order valence-corrected chi connectivity index (χ4v) is 5.49. The zero-order valence-corrected chi connectivity index (χ0v) is 14.1. The quantitative estimate of drug-likeness (QED) is 0.858. The topological polar surface area (TPSA) is 15.3 Å². The third-order valence-electron chi connectivity index (χ3n) is 6.03. The standard InChI is InChI=1S/C17H32N2S/c1-13-11-18-17(14-6-4-3-5-7-14)12-19(13)15-8-9-16(10-15)20-2/h13-18H,3-12H2,1-2H3. The van der Waals surface area contributed by atoms with Crippen molar-refractivity contribution in [3.8, 4) is 0 Å². The van der Waals surface area contributed by atoms with Crippen LogP contribution < -0.4 is 5.32 Å². The first kappa shape index (κ1) is 15.2. The molecule has 0 aromatic rings. The molecule has 4 atom stereocenters. The second kappa shape index (κ2) is 7.02. The van der Waals surface area contributed by atoms with Gasteiger partial charge in [0.25, 0.3) is 0 Å². The number of hydrogen-bond acceptors (Lipinski definition) is 3. The lowest BCUT2D eigenvalue weighted by atomic mass is 9.82. The van der Waals surface area contributed by atoms with E-state index in [0.29, 0.717) is 0 Å². The zero-order chi connectivity index (χ0) is 13.9.